The SMILES string of the molecule is CCOc1cc(/C=C2\SC(=S)N(CC(=O)OC)C2=O)cc(Cl)c1O. The summed E-state index contributed by atoms with van der Waals surface area (Å²) in [5.41, 5.74) is 0.569. The van der Waals surface area contributed by atoms with Gasteiger partial charge in [-0.3, -0.25) is 14.5 Å². The van der Waals surface area contributed by atoms with Crippen molar-refractivity contribution >= 4 is 57.9 Å². The Balaban J connectivity index is 2.30. The number of esters is 1. The zero-order valence-electron chi connectivity index (χ0n) is 12.9. The number of rotatable bonds is 5. The van der Waals surface area contributed by atoms with Crippen molar-refractivity contribution in [2.24, 2.45) is 0 Å². The number of hydrogen-bond donors (Lipinski definition) is 1. The van der Waals surface area contributed by atoms with Crippen LogP contribution in [0.2, 0.25) is 5.02 Å². The Hall–Kier alpha value is -1.77. The molecule has 1 aromatic rings. The molecule has 0 atom stereocenters. The molecule has 1 saturated heterocycles. The third-order valence-electron chi connectivity index (χ3n) is 3.04. The molecular formula is C15H14ClNO5S2. The van der Waals surface area contributed by atoms with E-state index in [0.29, 0.717) is 17.1 Å². The third-order valence-corrected chi connectivity index (χ3v) is 4.70. The van der Waals surface area contributed by atoms with Crippen LogP contribution in [-0.4, -0.2) is 46.5 Å². The lowest BCUT2D eigenvalue weighted by Crippen LogP contribution is -2.33. The smallest absolute Gasteiger partial charge is 0.325 e. The van der Waals surface area contributed by atoms with Gasteiger partial charge in [0.25, 0.3) is 5.91 Å². The van der Waals surface area contributed by atoms with Crippen molar-refractivity contribution < 1.29 is 24.2 Å². The van der Waals surface area contributed by atoms with E-state index in [9.17, 15) is 14.7 Å². The van der Waals surface area contributed by atoms with Crippen LogP contribution in [0.3, 0.4) is 0 Å². The van der Waals surface area contributed by atoms with Gasteiger partial charge >= 0.3 is 5.97 Å². The molecule has 0 aromatic heterocycles. The van der Waals surface area contributed by atoms with E-state index in [0.717, 1.165) is 11.8 Å². The lowest BCUT2D eigenvalue weighted by Gasteiger charge is -2.12. The maximum Gasteiger partial charge on any atom is 0.325 e. The fraction of sp³-hybridized carbons (Fsp3) is 0.267. The molecule has 0 radical (unpaired) electrons. The van der Waals surface area contributed by atoms with Crippen LogP contribution in [0.15, 0.2) is 17.0 Å². The molecule has 1 fully saturated rings. The van der Waals surface area contributed by atoms with Gasteiger partial charge in [0.05, 0.1) is 23.6 Å². The summed E-state index contributed by atoms with van der Waals surface area (Å²) < 4.78 is 10.1. The summed E-state index contributed by atoms with van der Waals surface area (Å²) in [5, 5.41) is 9.95. The van der Waals surface area contributed by atoms with Crippen molar-refractivity contribution in [1.29, 1.82) is 0 Å². The molecular weight excluding hydrogens is 374 g/mol. The highest BCUT2D eigenvalue weighted by molar-refractivity contribution is 8.26. The standard InChI is InChI=1S/C15H14ClNO5S2/c1-3-22-10-5-8(4-9(16)13(10)19)6-11-14(20)17(15(23)24-11)7-12(18)21-2/h4-6,19H,3,7H2,1-2H3/b11-6-. The number of phenols is 1. The van der Waals surface area contributed by atoms with Crippen LogP contribution in [0.4, 0.5) is 0 Å². The zero-order chi connectivity index (χ0) is 17.9. The molecule has 1 aliphatic heterocycles. The van der Waals surface area contributed by atoms with E-state index in [-0.39, 0.29) is 27.4 Å². The van der Waals surface area contributed by atoms with Gasteiger partial charge in [-0.05, 0) is 30.7 Å². The summed E-state index contributed by atoms with van der Waals surface area (Å²) in [5.74, 6) is -0.883. The maximum absolute atomic E-state index is 12.4. The lowest BCUT2D eigenvalue weighted by atomic mass is 10.2. The number of ether oxygens (including phenoxy) is 2. The number of phenolic OH excluding ortho intramolecular Hbond substituents is 1. The molecule has 9 heteroatoms. The van der Waals surface area contributed by atoms with Crippen molar-refractivity contribution in [1.82, 2.24) is 4.90 Å². The van der Waals surface area contributed by atoms with Gasteiger partial charge in [0.1, 0.15) is 10.9 Å². The average Bonchev–Trinajstić information content (AvgIpc) is 2.79. The fourth-order valence-corrected chi connectivity index (χ4v) is 3.40. The summed E-state index contributed by atoms with van der Waals surface area (Å²) in [6.45, 7) is 1.89. The third kappa shape index (κ3) is 4.00. The first kappa shape index (κ1) is 18.6. The minimum absolute atomic E-state index is 0.109. The molecule has 6 nitrogen and oxygen atoms in total. The first-order valence-electron chi connectivity index (χ1n) is 6.84. The summed E-state index contributed by atoms with van der Waals surface area (Å²) in [7, 11) is 1.24. The number of methoxy groups -OCH3 is 1. The number of amides is 1. The number of benzene rings is 1. The monoisotopic (exact) mass is 387 g/mol. The van der Waals surface area contributed by atoms with E-state index in [4.69, 9.17) is 28.6 Å². The average molecular weight is 388 g/mol. The topological polar surface area (TPSA) is 76.1 Å². The highest BCUT2D eigenvalue weighted by atomic mass is 35.5. The molecule has 1 aliphatic rings. The van der Waals surface area contributed by atoms with Crippen molar-refractivity contribution in [3.63, 3.8) is 0 Å². The van der Waals surface area contributed by atoms with E-state index in [1.54, 1.807) is 19.1 Å². The number of nitrogens with zero attached hydrogens (tertiary/aromatic N) is 1. The zero-order valence-corrected chi connectivity index (χ0v) is 15.3. The molecule has 0 unspecified atom stereocenters. The molecule has 0 aliphatic carbocycles. The second-order valence-electron chi connectivity index (χ2n) is 4.63. The quantitative estimate of drug-likeness (QED) is 0.473. The molecule has 0 bridgehead atoms. The summed E-state index contributed by atoms with van der Waals surface area (Å²) in [6.07, 6.45) is 1.57. The number of aromatic hydroxyl groups is 1. The number of hydrogen-bond acceptors (Lipinski definition) is 7. The normalized spacial score (nSPS) is 16.0. The Morgan fingerprint density at radius 2 is 2.21 bits per heavy atom. The van der Waals surface area contributed by atoms with Gasteiger partial charge in [-0.15, -0.1) is 0 Å². The molecule has 1 amide bonds. The van der Waals surface area contributed by atoms with Crippen molar-refractivity contribution in [2.75, 3.05) is 20.3 Å². The van der Waals surface area contributed by atoms with E-state index >= 15 is 0 Å². The highest BCUT2D eigenvalue weighted by Gasteiger charge is 2.33. The predicted molar refractivity (Wildman–Crippen MR) is 96.2 cm³/mol. The van der Waals surface area contributed by atoms with Gasteiger partial charge in [-0.25, -0.2) is 0 Å². The van der Waals surface area contributed by atoms with Gasteiger partial charge in [0.15, 0.2) is 11.5 Å². The Labute approximate surface area is 153 Å². The fourth-order valence-electron chi connectivity index (χ4n) is 1.92. The summed E-state index contributed by atoms with van der Waals surface area (Å²) >= 11 is 12.2. The molecule has 1 aromatic carbocycles. The predicted octanol–water partition coefficient (Wildman–Crippen LogP) is 2.82. The van der Waals surface area contributed by atoms with E-state index < -0.39 is 11.9 Å². The van der Waals surface area contributed by atoms with Crippen LogP contribution in [0, 0.1) is 0 Å². The van der Waals surface area contributed by atoms with Crippen LogP contribution in [0.5, 0.6) is 11.5 Å². The van der Waals surface area contributed by atoms with E-state index in [1.165, 1.54) is 18.1 Å². The molecule has 24 heavy (non-hydrogen) atoms. The molecule has 1 N–H and O–H groups in total. The Kier molecular flexibility index (Phi) is 6.09. The Bertz CT molecular complexity index is 735. The largest absolute Gasteiger partial charge is 0.503 e. The van der Waals surface area contributed by atoms with Gasteiger partial charge in [-0.1, -0.05) is 35.6 Å². The van der Waals surface area contributed by atoms with Crippen LogP contribution in [0.1, 0.15) is 12.5 Å². The first-order chi connectivity index (χ1) is 11.4. The highest BCUT2D eigenvalue weighted by Crippen LogP contribution is 2.38. The Morgan fingerprint density at radius 3 is 2.83 bits per heavy atom. The minimum Gasteiger partial charge on any atom is -0.503 e. The second kappa shape index (κ2) is 7.87. The van der Waals surface area contributed by atoms with Crippen molar-refractivity contribution in [2.45, 2.75) is 6.92 Å². The van der Waals surface area contributed by atoms with Gasteiger partial charge in [0.2, 0.25) is 0 Å². The number of thioether (sulfide) groups is 1. The maximum atomic E-state index is 12.4. The van der Waals surface area contributed by atoms with E-state index in [1.807, 2.05) is 0 Å². The lowest BCUT2D eigenvalue weighted by molar-refractivity contribution is -0.143. The molecule has 128 valence electrons. The van der Waals surface area contributed by atoms with Crippen LogP contribution in [-0.2, 0) is 14.3 Å². The Morgan fingerprint density at radius 1 is 1.50 bits per heavy atom. The summed E-state index contributed by atoms with van der Waals surface area (Å²) in [6, 6.07) is 3.07. The number of thiocarbonyl (C=S) groups is 1. The van der Waals surface area contributed by atoms with Crippen molar-refractivity contribution in [3.05, 3.63) is 27.6 Å². The minimum atomic E-state index is -0.557. The second-order valence-corrected chi connectivity index (χ2v) is 6.71. The number of carbonyl (C=O) groups is 2. The van der Waals surface area contributed by atoms with Gasteiger partial charge in [0, 0.05) is 0 Å². The van der Waals surface area contributed by atoms with Crippen LogP contribution in [0.25, 0.3) is 6.08 Å². The van der Waals surface area contributed by atoms with Gasteiger partial charge in [-0.2, -0.15) is 0 Å². The first-order valence-corrected chi connectivity index (χ1v) is 8.45. The van der Waals surface area contributed by atoms with Gasteiger partial charge < -0.3 is 14.6 Å². The number of halogens is 1. The molecule has 1 heterocycles. The van der Waals surface area contributed by atoms with Crippen LogP contribution >= 0.6 is 35.6 Å². The summed E-state index contributed by atoms with van der Waals surface area (Å²) in [4.78, 5) is 25.2. The van der Waals surface area contributed by atoms with E-state index in [2.05, 4.69) is 4.74 Å². The van der Waals surface area contributed by atoms with Crippen LogP contribution < -0.4 is 4.74 Å². The van der Waals surface area contributed by atoms with Crippen molar-refractivity contribution in [3.8, 4) is 11.5 Å². The number of carbonyl (C=O) groups excluding carboxylic acids is 2. The molecule has 0 saturated carbocycles. The molecule has 2 rings (SSSR count). The molecule has 0 spiro atoms.